The number of aromatic hydroxyl groups is 1. The molecule has 0 spiro atoms. The number of para-hydroxylation sites is 1. The lowest BCUT2D eigenvalue weighted by atomic mass is 9.89. The number of esters is 1. The lowest BCUT2D eigenvalue weighted by molar-refractivity contribution is -0.131. The van der Waals surface area contributed by atoms with E-state index in [1.54, 1.807) is 72.4 Å². The van der Waals surface area contributed by atoms with Gasteiger partial charge in [-0.05, 0) is 168 Å². The van der Waals surface area contributed by atoms with E-state index in [0.717, 1.165) is 217 Å². The first kappa shape index (κ1) is 95.4. The number of benzene rings is 4. The molecule has 4 aromatic carbocycles. The van der Waals surface area contributed by atoms with Gasteiger partial charge in [-0.3, -0.25) is 4.79 Å². The Hall–Kier alpha value is -9.71. The number of aromatic nitrogens is 4. The minimum Gasteiger partial charge on any atom is -0.508 e. The summed E-state index contributed by atoms with van der Waals surface area (Å²) < 4.78 is 68.2. The largest absolute Gasteiger partial charge is 0.508 e. The summed E-state index contributed by atoms with van der Waals surface area (Å²) in [6, 6.07) is 40.9. The highest BCUT2D eigenvalue weighted by molar-refractivity contribution is 8.00. The third-order valence-electron chi connectivity index (χ3n) is 23.5. The van der Waals surface area contributed by atoms with Crippen molar-refractivity contribution in [2.24, 2.45) is 0 Å². The van der Waals surface area contributed by atoms with Crippen LogP contribution in [0.3, 0.4) is 0 Å². The van der Waals surface area contributed by atoms with Crippen LogP contribution in [0.1, 0.15) is 151 Å². The van der Waals surface area contributed by atoms with Crippen molar-refractivity contribution >= 4 is 87.3 Å². The van der Waals surface area contributed by atoms with Crippen molar-refractivity contribution in [3.05, 3.63) is 192 Å². The van der Waals surface area contributed by atoms with E-state index in [9.17, 15) is 30.9 Å². The average Bonchev–Trinajstić information content (AvgIpc) is 1.39. The van der Waals surface area contributed by atoms with Crippen LogP contribution >= 0.6 is 47.0 Å². The van der Waals surface area contributed by atoms with Gasteiger partial charge in [-0.1, -0.05) is 54.6 Å². The zero-order chi connectivity index (χ0) is 90.7. The topological polar surface area (TPSA) is 312 Å². The number of nitrogens with zero attached hydrogens (tertiary/aromatic N) is 12. The minimum absolute atomic E-state index is 0.277. The van der Waals surface area contributed by atoms with E-state index in [2.05, 4.69) is 117 Å². The number of morpholine rings is 4. The SMILES string of the molecule is CC(=O)Oc1cccc(CCSc2nc(N3CCOCC3)c3c(c2C#N)CC(C)(C)OC3)c1.CC1(C)Cc2c(C#N)c(SCCc3cccc(O)c3)nc(N3CCOCC3)c2CO1.CC1(C)Cc2c(C#N)c(SCCc3coc4ccccc34)nc(N3CCOCC3)c2CO1.COCCOc1cccc(CCSc2nc(N3CCOCC3)c3c(c2C#N)CC(C)(C)OC3)c1. The molecule has 4 saturated heterocycles. The van der Waals surface area contributed by atoms with Gasteiger partial charge in [0.05, 0.1) is 137 Å². The second-order valence-corrected chi connectivity index (χ2v) is 39.4. The number of hydrogen-bond donors (Lipinski definition) is 1. The number of ether oxygens (including phenoxy) is 11. The van der Waals surface area contributed by atoms with Crippen LogP contribution in [0.5, 0.6) is 17.2 Å². The van der Waals surface area contributed by atoms with Crippen molar-refractivity contribution in [2.75, 3.05) is 168 Å². The van der Waals surface area contributed by atoms with Crippen LogP contribution in [-0.4, -0.2) is 202 Å². The molecule has 1 N–H and O–H groups in total. The number of pyridine rings is 4. The third kappa shape index (κ3) is 24.9. The maximum atomic E-state index is 11.2. The number of hydrogen-bond acceptors (Lipinski definition) is 30. The molecule has 30 heteroatoms. The fourth-order valence-corrected chi connectivity index (χ4v) is 20.9. The van der Waals surface area contributed by atoms with Crippen molar-refractivity contribution < 1.29 is 66.4 Å². The number of carbonyl (C=O) groups excluding carboxylic acids is 1. The average molecular weight is 1830 g/mol. The summed E-state index contributed by atoms with van der Waals surface area (Å²) in [6.07, 6.45) is 7.92. The van der Waals surface area contributed by atoms with Crippen molar-refractivity contribution in [1.82, 2.24) is 19.9 Å². The fourth-order valence-electron chi connectivity index (χ4n) is 16.9. The predicted molar refractivity (Wildman–Crippen MR) is 502 cm³/mol. The Morgan fingerprint density at radius 3 is 1.11 bits per heavy atom. The van der Waals surface area contributed by atoms with Gasteiger partial charge in [0.25, 0.3) is 0 Å². The Morgan fingerprint density at radius 1 is 0.426 bits per heavy atom. The molecule has 26 nitrogen and oxygen atoms in total. The highest BCUT2D eigenvalue weighted by Crippen LogP contribution is 2.45. The van der Waals surface area contributed by atoms with E-state index >= 15 is 0 Å². The smallest absolute Gasteiger partial charge is 0.308 e. The molecule has 0 amide bonds. The molecule has 680 valence electrons. The number of phenols is 1. The number of fused-ring (bicyclic) bond motifs is 5. The first-order valence-electron chi connectivity index (χ1n) is 44.3. The number of anilines is 4. The van der Waals surface area contributed by atoms with Gasteiger partial charge < -0.3 is 81.2 Å². The van der Waals surface area contributed by atoms with Crippen molar-refractivity contribution in [2.45, 2.75) is 183 Å². The lowest BCUT2D eigenvalue weighted by Crippen LogP contribution is -2.39. The molecule has 0 unspecified atom stereocenters. The van der Waals surface area contributed by atoms with Gasteiger partial charge >= 0.3 is 5.97 Å². The molecular weight excluding hydrogens is 1710 g/mol. The zero-order valence-electron chi connectivity index (χ0n) is 75.6. The summed E-state index contributed by atoms with van der Waals surface area (Å²) in [6.45, 7) is 32.8. The van der Waals surface area contributed by atoms with Crippen LogP contribution in [0.25, 0.3) is 11.0 Å². The van der Waals surface area contributed by atoms with Gasteiger partial charge in [-0.15, -0.1) is 47.0 Å². The molecule has 0 bridgehead atoms. The van der Waals surface area contributed by atoms with Gasteiger partial charge in [0.1, 0.15) is 97.1 Å². The zero-order valence-corrected chi connectivity index (χ0v) is 78.9. The van der Waals surface area contributed by atoms with Crippen LogP contribution in [0, 0.1) is 45.3 Å². The number of rotatable bonds is 25. The Morgan fingerprint density at radius 2 is 0.760 bits per heavy atom. The molecule has 8 aliphatic heterocycles. The molecule has 0 saturated carbocycles. The fraction of sp³-hybridized carbons (Fsp3) is 0.485. The van der Waals surface area contributed by atoms with Crippen LogP contribution in [0.4, 0.5) is 23.3 Å². The maximum absolute atomic E-state index is 11.2. The van der Waals surface area contributed by atoms with Gasteiger partial charge in [-0.25, -0.2) is 19.9 Å². The molecule has 4 fully saturated rings. The monoisotopic (exact) mass is 1820 g/mol. The molecular formula is C99H116N12O14S4. The van der Waals surface area contributed by atoms with Crippen molar-refractivity contribution in [3.8, 4) is 41.5 Å². The second kappa shape index (κ2) is 44.5. The molecule has 13 heterocycles. The summed E-state index contributed by atoms with van der Waals surface area (Å²) in [7, 11) is 1.67. The van der Waals surface area contributed by atoms with Crippen LogP contribution in [0.15, 0.2) is 128 Å². The second-order valence-electron chi connectivity index (χ2n) is 35.1. The highest BCUT2D eigenvalue weighted by Gasteiger charge is 2.39. The molecule has 9 aromatic rings. The van der Waals surface area contributed by atoms with Gasteiger partial charge in [0.2, 0.25) is 0 Å². The van der Waals surface area contributed by atoms with Crippen LogP contribution in [0.2, 0.25) is 0 Å². The molecule has 0 aliphatic carbocycles. The van der Waals surface area contributed by atoms with E-state index in [1.807, 2.05) is 66.9 Å². The van der Waals surface area contributed by atoms with Crippen molar-refractivity contribution in [3.63, 3.8) is 0 Å². The summed E-state index contributed by atoms with van der Waals surface area (Å²) in [5.74, 6) is 8.28. The molecule has 8 aliphatic rings. The van der Waals surface area contributed by atoms with E-state index in [4.69, 9.17) is 76.5 Å². The maximum Gasteiger partial charge on any atom is 0.308 e. The van der Waals surface area contributed by atoms with E-state index in [0.29, 0.717) is 146 Å². The summed E-state index contributed by atoms with van der Waals surface area (Å²) in [5.41, 5.74) is 15.5. The Bertz CT molecular complexity index is 5600. The van der Waals surface area contributed by atoms with Gasteiger partial charge in [0.15, 0.2) is 0 Å². The first-order valence-corrected chi connectivity index (χ1v) is 48.3. The minimum atomic E-state index is -0.332. The standard InChI is InChI=1S/C26H33N3O4S.C25H29N3O4S.C25H27N3O3S.C23H27N3O3S/c1-26(2)16-21-22(17-27)25(28-24(23(21)18-33-26)29-8-10-31-11-9-29)34-14-7-19-5-4-6-20(15-19)32-13-12-30-3;1-17(29)32-19-6-4-5-18(13-19)7-12-33-24-21(15-26)20-14-25(2,3)31-16-22(20)23(27-24)28-8-10-30-11-9-28;1-25(2)13-19-20(14-26)24(27-23(21(19)16-31-25)28-8-10-29-11-9-28)32-12-7-17-15-30-22-6-4-3-5-18(17)22;1-23(2)13-18-19(14-24)22(30-11-6-16-4-3-5-17(27)12-16)25-21(20(18)15-29-23)26-7-9-28-10-8-26/h4-6,15H,7-14,16,18H2,1-3H3;4-6,13H,7-12,14,16H2,1-3H3;3-6,15H,7-13,16H2,1-2H3;3-5,12,27H,6-11,13,15H2,1-2H3. The number of nitriles is 4. The number of phenolic OH excluding ortho intramolecular Hbond substituents is 1. The number of methoxy groups -OCH3 is 1. The number of thioether (sulfide) groups is 4. The molecule has 0 atom stereocenters. The molecule has 0 radical (unpaired) electrons. The van der Waals surface area contributed by atoms with Gasteiger partial charge in [-0.2, -0.15) is 21.0 Å². The van der Waals surface area contributed by atoms with E-state index < -0.39 is 0 Å². The van der Waals surface area contributed by atoms with Crippen LogP contribution < -0.4 is 29.1 Å². The number of aryl methyl sites for hydroxylation is 4. The summed E-state index contributed by atoms with van der Waals surface area (Å²) in [5, 5.41) is 54.2. The third-order valence-corrected chi connectivity index (χ3v) is 27.5. The first-order chi connectivity index (χ1) is 62.4. The van der Waals surface area contributed by atoms with Crippen LogP contribution in [-0.2, 0) is 125 Å². The Balaban J connectivity index is 0.000000139. The summed E-state index contributed by atoms with van der Waals surface area (Å²) in [4.78, 5) is 40.3. The highest BCUT2D eigenvalue weighted by atomic mass is 32.2. The van der Waals surface area contributed by atoms with E-state index in [-0.39, 0.29) is 34.1 Å². The van der Waals surface area contributed by atoms with Crippen molar-refractivity contribution in [1.29, 1.82) is 21.0 Å². The number of furan rings is 1. The molecule has 129 heavy (non-hydrogen) atoms. The number of carbonyl (C=O) groups is 1. The summed E-state index contributed by atoms with van der Waals surface area (Å²) >= 11 is 6.51. The molecule has 5 aromatic heterocycles. The Kier molecular flexibility index (Phi) is 32.9. The normalized spacial score (nSPS) is 17.5. The molecule has 17 rings (SSSR count). The predicted octanol–water partition coefficient (Wildman–Crippen LogP) is 16.3. The van der Waals surface area contributed by atoms with Gasteiger partial charge in [0, 0.05) is 143 Å². The lowest BCUT2D eigenvalue weighted by Gasteiger charge is -2.37. The van der Waals surface area contributed by atoms with E-state index in [1.165, 1.54) is 18.1 Å². The Labute approximate surface area is 774 Å². The quantitative estimate of drug-likeness (QED) is 0.0240.